The maximum atomic E-state index is 12.2. The average molecular weight is 468 g/mol. The first kappa shape index (κ1) is 19.3. The summed E-state index contributed by atoms with van der Waals surface area (Å²) in [7, 11) is 0. The molecule has 0 aromatic heterocycles. The summed E-state index contributed by atoms with van der Waals surface area (Å²) in [5.41, 5.74) is 2.40. The number of allylic oxidation sites excluding steroid dienone is 1. The lowest BCUT2D eigenvalue weighted by molar-refractivity contribution is -0.120. The summed E-state index contributed by atoms with van der Waals surface area (Å²) in [6.45, 7) is 0. The molecule has 0 saturated carbocycles. The lowest BCUT2D eigenvalue weighted by atomic mass is 9.87. The molecular formula is C19H13BrCl2N2OS. The molecule has 0 fully saturated rings. The number of hydrogen-bond acceptors (Lipinski definition) is 3. The van der Waals surface area contributed by atoms with Crippen LogP contribution < -0.4 is 5.32 Å². The molecular weight excluding hydrogens is 455 g/mol. The summed E-state index contributed by atoms with van der Waals surface area (Å²) >= 11 is 17.0. The first-order valence-electron chi connectivity index (χ1n) is 7.74. The summed E-state index contributed by atoms with van der Waals surface area (Å²) in [5, 5.41) is 14.3. The van der Waals surface area contributed by atoms with Crippen LogP contribution in [-0.4, -0.2) is 5.91 Å². The van der Waals surface area contributed by atoms with Gasteiger partial charge in [0.1, 0.15) is 0 Å². The Bertz CT molecular complexity index is 939. The molecule has 1 aliphatic rings. The number of hydrogen-bond donors (Lipinski definition) is 1. The Morgan fingerprint density at radius 1 is 1.27 bits per heavy atom. The smallest absolute Gasteiger partial charge is 0.225 e. The standard InChI is InChI=1S/C19H13BrCl2N2OS/c20-13-3-1-2-11(6-13)15-8-18(25)24-19(16(15)9-23)26-10-12-4-5-14(21)7-17(12)22/h1-7,15H,8,10H2,(H,24,25)/t15-/m1/s1. The number of nitriles is 1. The van der Waals surface area contributed by atoms with Crippen molar-refractivity contribution >= 4 is 56.8 Å². The fourth-order valence-corrected chi connectivity index (χ4v) is 4.78. The highest BCUT2D eigenvalue weighted by Gasteiger charge is 2.29. The van der Waals surface area contributed by atoms with Gasteiger partial charge in [0.2, 0.25) is 5.91 Å². The van der Waals surface area contributed by atoms with Crippen molar-refractivity contribution < 1.29 is 4.79 Å². The number of nitrogens with one attached hydrogen (secondary N) is 1. The summed E-state index contributed by atoms with van der Waals surface area (Å²) in [6, 6.07) is 15.3. The third-order valence-electron chi connectivity index (χ3n) is 3.99. The van der Waals surface area contributed by atoms with Crippen LogP contribution in [0.25, 0.3) is 0 Å². The number of rotatable bonds is 4. The molecule has 1 N–H and O–H groups in total. The molecule has 0 aliphatic carbocycles. The third kappa shape index (κ3) is 4.44. The van der Waals surface area contributed by atoms with Crippen molar-refractivity contribution in [3.63, 3.8) is 0 Å². The normalized spacial score (nSPS) is 17.0. The molecule has 2 aromatic carbocycles. The lowest BCUT2D eigenvalue weighted by Crippen LogP contribution is -2.30. The van der Waals surface area contributed by atoms with Crippen LogP contribution in [0, 0.1) is 11.3 Å². The van der Waals surface area contributed by atoms with Crippen LogP contribution in [0.5, 0.6) is 0 Å². The summed E-state index contributed by atoms with van der Waals surface area (Å²) in [6.07, 6.45) is 0.255. The second kappa shape index (κ2) is 8.49. The number of thioether (sulfide) groups is 1. The number of benzene rings is 2. The minimum Gasteiger partial charge on any atom is -0.320 e. The maximum absolute atomic E-state index is 12.2. The Morgan fingerprint density at radius 2 is 2.08 bits per heavy atom. The predicted octanol–water partition coefficient (Wildman–Crippen LogP) is 6.03. The molecule has 0 bridgehead atoms. The molecule has 3 rings (SSSR count). The van der Waals surface area contributed by atoms with E-state index >= 15 is 0 Å². The van der Waals surface area contributed by atoms with E-state index in [1.807, 2.05) is 30.3 Å². The predicted molar refractivity (Wildman–Crippen MR) is 110 cm³/mol. The average Bonchev–Trinajstić information content (AvgIpc) is 2.60. The van der Waals surface area contributed by atoms with Crippen molar-refractivity contribution in [2.75, 3.05) is 0 Å². The maximum Gasteiger partial charge on any atom is 0.225 e. The first-order valence-corrected chi connectivity index (χ1v) is 10.3. The molecule has 7 heteroatoms. The van der Waals surface area contributed by atoms with Crippen LogP contribution in [0.3, 0.4) is 0 Å². The fourth-order valence-electron chi connectivity index (χ4n) is 2.73. The molecule has 132 valence electrons. The van der Waals surface area contributed by atoms with Gasteiger partial charge in [-0.05, 0) is 35.4 Å². The molecule has 3 nitrogen and oxygen atoms in total. The largest absolute Gasteiger partial charge is 0.320 e. The minimum atomic E-state index is -0.255. The van der Waals surface area contributed by atoms with Gasteiger partial charge < -0.3 is 5.32 Å². The van der Waals surface area contributed by atoms with Crippen LogP contribution in [0.15, 0.2) is 57.5 Å². The van der Waals surface area contributed by atoms with E-state index in [0.717, 1.165) is 15.6 Å². The molecule has 1 atom stereocenters. The van der Waals surface area contributed by atoms with Gasteiger partial charge in [-0.1, -0.05) is 57.3 Å². The fraction of sp³-hybridized carbons (Fsp3) is 0.158. The minimum absolute atomic E-state index is 0.0984. The highest BCUT2D eigenvalue weighted by Crippen LogP contribution is 2.38. The van der Waals surface area contributed by atoms with Crippen molar-refractivity contribution in [2.45, 2.75) is 18.1 Å². The number of nitrogens with zero attached hydrogens (tertiary/aromatic N) is 1. The molecule has 26 heavy (non-hydrogen) atoms. The van der Waals surface area contributed by atoms with Crippen LogP contribution in [0.4, 0.5) is 0 Å². The van der Waals surface area contributed by atoms with Crippen molar-refractivity contribution in [1.29, 1.82) is 5.26 Å². The van der Waals surface area contributed by atoms with E-state index in [1.54, 1.807) is 12.1 Å². The van der Waals surface area contributed by atoms with Crippen LogP contribution in [0.2, 0.25) is 10.0 Å². The summed E-state index contributed by atoms with van der Waals surface area (Å²) in [5.74, 6) is 0.176. The Kier molecular flexibility index (Phi) is 6.31. The van der Waals surface area contributed by atoms with Crippen molar-refractivity contribution in [2.24, 2.45) is 0 Å². The Hall–Kier alpha value is -1.45. The van der Waals surface area contributed by atoms with E-state index in [9.17, 15) is 10.1 Å². The monoisotopic (exact) mass is 466 g/mol. The molecule has 0 radical (unpaired) electrons. The van der Waals surface area contributed by atoms with Gasteiger partial charge >= 0.3 is 0 Å². The van der Waals surface area contributed by atoms with E-state index in [2.05, 4.69) is 27.3 Å². The van der Waals surface area contributed by atoms with Gasteiger partial charge in [-0.3, -0.25) is 4.79 Å². The SMILES string of the molecule is N#CC1=C(SCc2ccc(Cl)cc2Cl)NC(=O)C[C@@H]1c1cccc(Br)c1. The first-order chi connectivity index (χ1) is 12.5. The summed E-state index contributed by atoms with van der Waals surface area (Å²) in [4.78, 5) is 12.2. The second-order valence-electron chi connectivity index (χ2n) is 5.74. The topological polar surface area (TPSA) is 52.9 Å². The van der Waals surface area contributed by atoms with Crippen LogP contribution in [0.1, 0.15) is 23.5 Å². The molecule has 0 unspecified atom stereocenters. The molecule has 1 aliphatic heterocycles. The van der Waals surface area contributed by atoms with Crippen molar-refractivity contribution in [1.82, 2.24) is 5.32 Å². The zero-order chi connectivity index (χ0) is 18.7. The van der Waals surface area contributed by atoms with E-state index in [-0.39, 0.29) is 18.2 Å². The van der Waals surface area contributed by atoms with Crippen molar-refractivity contribution in [3.8, 4) is 6.07 Å². The Morgan fingerprint density at radius 3 is 2.77 bits per heavy atom. The number of carbonyl (C=O) groups excluding carboxylic acids is 1. The van der Waals surface area contributed by atoms with Gasteiger partial charge in [0, 0.05) is 32.6 Å². The molecule has 2 aromatic rings. The number of halogens is 3. The van der Waals surface area contributed by atoms with Gasteiger partial charge in [-0.2, -0.15) is 5.26 Å². The molecule has 0 saturated heterocycles. The van der Waals surface area contributed by atoms with Gasteiger partial charge in [0.05, 0.1) is 16.7 Å². The highest BCUT2D eigenvalue weighted by atomic mass is 79.9. The zero-order valence-corrected chi connectivity index (χ0v) is 17.3. The molecule has 1 amide bonds. The third-order valence-corrected chi connectivity index (χ3v) is 6.14. The van der Waals surface area contributed by atoms with E-state index in [0.29, 0.717) is 26.4 Å². The molecule has 1 heterocycles. The van der Waals surface area contributed by atoms with E-state index < -0.39 is 0 Å². The second-order valence-corrected chi connectivity index (χ2v) is 8.48. The van der Waals surface area contributed by atoms with Gasteiger partial charge in [-0.15, -0.1) is 11.8 Å². The quantitative estimate of drug-likeness (QED) is 0.597. The number of amides is 1. The van der Waals surface area contributed by atoms with E-state index in [4.69, 9.17) is 23.2 Å². The van der Waals surface area contributed by atoms with Gasteiger partial charge in [-0.25, -0.2) is 0 Å². The Balaban J connectivity index is 1.90. The highest BCUT2D eigenvalue weighted by molar-refractivity contribution is 9.10. The zero-order valence-electron chi connectivity index (χ0n) is 13.4. The summed E-state index contributed by atoms with van der Waals surface area (Å²) < 4.78 is 0.917. The van der Waals surface area contributed by atoms with Crippen molar-refractivity contribution in [3.05, 3.63) is 78.7 Å². The van der Waals surface area contributed by atoms with Crippen LogP contribution >= 0.6 is 50.9 Å². The Labute approximate surface area is 174 Å². The van der Waals surface area contributed by atoms with E-state index in [1.165, 1.54) is 11.8 Å². The van der Waals surface area contributed by atoms with Gasteiger partial charge in [0.25, 0.3) is 0 Å². The lowest BCUT2D eigenvalue weighted by Gasteiger charge is -2.25. The van der Waals surface area contributed by atoms with Crippen LogP contribution in [-0.2, 0) is 10.5 Å². The number of carbonyl (C=O) groups is 1. The van der Waals surface area contributed by atoms with Gasteiger partial charge in [0.15, 0.2) is 0 Å². The molecule has 0 spiro atoms.